The number of hydrogen-bond donors (Lipinski definition) is 0. The Kier molecular flexibility index (Phi) is 5.27. The van der Waals surface area contributed by atoms with E-state index in [0.29, 0.717) is 6.42 Å². The molecule has 0 spiro atoms. The minimum absolute atomic E-state index is 0.0602. The van der Waals surface area contributed by atoms with Crippen LogP contribution in [-0.2, 0) is 9.53 Å². The van der Waals surface area contributed by atoms with E-state index >= 15 is 0 Å². The van der Waals surface area contributed by atoms with Gasteiger partial charge in [0.15, 0.2) is 0 Å². The Morgan fingerprint density at radius 2 is 2.38 bits per heavy atom. The number of esters is 1. The van der Waals surface area contributed by atoms with E-state index in [-0.39, 0.29) is 18.1 Å². The lowest BCUT2D eigenvalue weighted by molar-refractivity contribution is -0.142. The number of carbonyl (C=O) groups excluding carboxylic acids is 1. The lowest BCUT2D eigenvalue weighted by atomic mass is 9.97. The molecule has 0 aromatic heterocycles. The molecule has 1 rings (SSSR count). The third-order valence-electron chi connectivity index (χ3n) is 3.24. The average molecular weight is 224 g/mol. The summed E-state index contributed by atoms with van der Waals surface area (Å²) in [4.78, 5) is 13.5. The van der Waals surface area contributed by atoms with Crippen molar-refractivity contribution in [2.75, 3.05) is 13.7 Å². The van der Waals surface area contributed by atoms with Crippen molar-refractivity contribution in [3.63, 3.8) is 0 Å². The highest BCUT2D eigenvalue weighted by molar-refractivity contribution is 5.69. The van der Waals surface area contributed by atoms with E-state index in [1.54, 1.807) is 0 Å². The second-order valence-corrected chi connectivity index (χ2v) is 4.22. The van der Waals surface area contributed by atoms with Crippen molar-refractivity contribution in [3.8, 4) is 6.07 Å². The largest absolute Gasteiger partial charge is 0.469 e. The van der Waals surface area contributed by atoms with Gasteiger partial charge in [0.25, 0.3) is 0 Å². The maximum absolute atomic E-state index is 11.3. The van der Waals surface area contributed by atoms with E-state index in [2.05, 4.69) is 11.0 Å². The molecule has 0 aromatic carbocycles. The van der Waals surface area contributed by atoms with E-state index in [1.807, 2.05) is 6.92 Å². The van der Waals surface area contributed by atoms with E-state index in [1.165, 1.54) is 7.11 Å². The Morgan fingerprint density at radius 3 is 2.94 bits per heavy atom. The molecule has 0 bridgehead atoms. The number of methoxy groups -OCH3 is 1. The van der Waals surface area contributed by atoms with Gasteiger partial charge in [-0.15, -0.1) is 0 Å². The molecule has 4 nitrogen and oxygen atoms in total. The Labute approximate surface area is 97.2 Å². The third kappa shape index (κ3) is 3.21. The quantitative estimate of drug-likeness (QED) is 0.682. The van der Waals surface area contributed by atoms with Crippen LogP contribution in [0.5, 0.6) is 0 Å². The van der Waals surface area contributed by atoms with Gasteiger partial charge in [-0.3, -0.25) is 9.69 Å². The number of nitrogens with zero attached hydrogens (tertiary/aromatic N) is 2. The SMILES string of the molecule is CCC(C#N)N1CCCCC1CC(=O)OC. The van der Waals surface area contributed by atoms with Gasteiger partial charge >= 0.3 is 5.97 Å². The summed E-state index contributed by atoms with van der Waals surface area (Å²) in [7, 11) is 1.41. The number of piperidine rings is 1. The highest BCUT2D eigenvalue weighted by atomic mass is 16.5. The molecule has 16 heavy (non-hydrogen) atoms. The molecule has 2 unspecified atom stereocenters. The van der Waals surface area contributed by atoms with Crippen molar-refractivity contribution in [1.82, 2.24) is 4.90 Å². The van der Waals surface area contributed by atoms with Gasteiger partial charge in [0, 0.05) is 6.04 Å². The van der Waals surface area contributed by atoms with Gasteiger partial charge in [-0.1, -0.05) is 13.3 Å². The standard InChI is InChI=1S/C12H20N2O2/c1-3-10(9-13)14-7-5-4-6-11(14)8-12(15)16-2/h10-11H,3-8H2,1-2H3. The average Bonchev–Trinajstić information content (AvgIpc) is 2.32. The summed E-state index contributed by atoms with van der Waals surface area (Å²) in [5, 5.41) is 9.08. The van der Waals surface area contributed by atoms with Crippen LogP contribution in [0.3, 0.4) is 0 Å². The predicted molar refractivity (Wildman–Crippen MR) is 60.7 cm³/mol. The molecule has 1 fully saturated rings. The van der Waals surface area contributed by atoms with Crippen molar-refractivity contribution < 1.29 is 9.53 Å². The Morgan fingerprint density at radius 1 is 1.62 bits per heavy atom. The molecule has 0 amide bonds. The van der Waals surface area contributed by atoms with Crippen LogP contribution in [0, 0.1) is 11.3 Å². The van der Waals surface area contributed by atoms with Crippen molar-refractivity contribution in [3.05, 3.63) is 0 Å². The first-order valence-corrected chi connectivity index (χ1v) is 5.95. The minimum atomic E-state index is -0.176. The first kappa shape index (κ1) is 13.0. The molecule has 1 heterocycles. The zero-order chi connectivity index (χ0) is 12.0. The lowest BCUT2D eigenvalue weighted by Crippen LogP contribution is -2.46. The van der Waals surface area contributed by atoms with Crippen LogP contribution in [0.1, 0.15) is 39.0 Å². The van der Waals surface area contributed by atoms with Gasteiger partial charge in [-0.25, -0.2) is 0 Å². The third-order valence-corrected chi connectivity index (χ3v) is 3.24. The molecule has 0 radical (unpaired) electrons. The highest BCUT2D eigenvalue weighted by Crippen LogP contribution is 2.23. The van der Waals surface area contributed by atoms with Crippen LogP contribution < -0.4 is 0 Å². The van der Waals surface area contributed by atoms with E-state index < -0.39 is 0 Å². The summed E-state index contributed by atoms with van der Waals surface area (Å²) in [6.45, 7) is 2.94. The minimum Gasteiger partial charge on any atom is -0.469 e. The molecule has 1 saturated heterocycles. The molecule has 1 aliphatic heterocycles. The Hall–Kier alpha value is -1.08. The van der Waals surface area contributed by atoms with Gasteiger partial charge in [0.1, 0.15) is 0 Å². The van der Waals surface area contributed by atoms with Crippen molar-refractivity contribution >= 4 is 5.97 Å². The second kappa shape index (κ2) is 6.49. The van der Waals surface area contributed by atoms with Gasteiger partial charge in [-0.2, -0.15) is 5.26 Å². The summed E-state index contributed by atoms with van der Waals surface area (Å²) in [5.41, 5.74) is 0. The number of likely N-dealkylation sites (tertiary alicyclic amines) is 1. The maximum atomic E-state index is 11.3. The summed E-state index contributed by atoms with van der Waals surface area (Å²) in [6.07, 6.45) is 4.48. The monoisotopic (exact) mass is 224 g/mol. The van der Waals surface area contributed by atoms with E-state index in [9.17, 15) is 4.79 Å². The van der Waals surface area contributed by atoms with Crippen molar-refractivity contribution in [2.45, 2.75) is 51.1 Å². The molecule has 0 N–H and O–H groups in total. The number of ether oxygens (including phenoxy) is 1. The summed E-state index contributed by atoms with van der Waals surface area (Å²) >= 11 is 0. The molecular weight excluding hydrogens is 204 g/mol. The van der Waals surface area contributed by atoms with E-state index in [0.717, 1.165) is 32.2 Å². The van der Waals surface area contributed by atoms with Crippen molar-refractivity contribution in [1.29, 1.82) is 5.26 Å². The molecule has 0 aliphatic carbocycles. The molecule has 0 saturated carbocycles. The first-order chi connectivity index (χ1) is 7.72. The second-order valence-electron chi connectivity index (χ2n) is 4.22. The molecule has 90 valence electrons. The fourth-order valence-corrected chi connectivity index (χ4v) is 2.33. The maximum Gasteiger partial charge on any atom is 0.307 e. The van der Waals surface area contributed by atoms with Crippen LogP contribution in [0.4, 0.5) is 0 Å². The number of rotatable bonds is 4. The molecule has 1 aliphatic rings. The predicted octanol–water partition coefficient (Wildman–Crippen LogP) is 1.71. The number of nitriles is 1. The van der Waals surface area contributed by atoms with Gasteiger partial charge in [0.2, 0.25) is 0 Å². The fourth-order valence-electron chi connectivity index (χ4n) is 2.33. The Bertz CT molecular complexity index is 273. The van der Waals surface area contributed by atoms with Crippen molar-refractivity contribution in [2.24, 2.45) is 0 Å². The molecular formula is C12H20N2O2. The van der Waals surface area contributed by atoms with Crippen LogP contribution in [-0.4, -0.2) is 36.6 Å². The summed E-state index contributed by atoms with van der Waals surface area (Å²) < 4.78 is 4.70. The molecule has 0 aromatic rings. The zero-order valence-electron chi connectivity index (χ0n) is 10.1. The first-order valence-electron chi connectivity index (χ1n) is 5.95. The smallest absolute Gasteiger partial charge is 0.307 e. The van der Waals surface area contributed by atoms with E-state index in [4.69, 9.17) is 10.00 Å². The van der Waals surface area contributed by atoms with Gasteiger partial charge < -0.3 is 4.74 Å². The van der Waals surface area contributed by atoms with Crippen LogP contribution >= 0.6 is 0 Å². The zero-order valence-corrected chi connectivity index (χ0v) is 10.1. The topological polar surface area (TPSA) is 53.3 Å². The summed E-state index contributed by atoms with van der Waals surface area (Å²) in [6, 6.07) is 2.44. The fraction of sp³-hybridized carbons (Fsp3) is 0.833. The highest BCUT2D eigenvalue weighted by Gasteiger charge is 2.29. The van der Waals surface area contributed by atoms with Gasteiger partial charge in [-0.05, 0) is 25.8 Å². The Balaban J connectivity index is 2.63. The molecule has 4 heteroatoms. The molecule has 2 atom stereocenters. The van der Waals surface area contributed by atoms with Crippen LogP contribution in [0.15, 0.2) is 0 Å². The lowest BCUT2D eigenvalue weighted by Gasteiger charge is -2.37. The summed E-state index contributed by atoms with van der Waals surface area (Å²) in [5.74, 6) is -0.176. The van der Waals surface area contributed by atoms with Crippen LogP contribution in [0.25, 0.3) is 0 Å². The van der Waals surface area contributed by atoms with Crippen LogP contribution in [0.2, 0.25) is 0 Å². The number of carbonyl (C=O) groups is 1. The van der Waals surface area contributed by atoms with Gasteiger partial charge in [0.05, 0.1) is 25.6 Å². The number of hydrogen-bond acceptors (Lipinski definition) is 4. The normalized spacial score (nSPS) is 23.4.